The lowest BCUT2D eigenvalue weighted by molar-refractivity contribution is -0.137. The Bertz CT molecular complexity index is 1940. The van der Waals surface area contributed by atoms with Crippen LogP contribution in [0.5, 0.6) is 5.75 Å². The molecule has 2 heterocycles. The Kier molecular flexibility index (Phi) is 10.3. The van der Waals surface area contributed by atoms with Gasteiger partial charge in [0.1, 0.15) is 18.1 Å². The van der Waals surface area contributed by atoms with E-state index in [1.165, 1.54) is 24.0 Å². The molecule has 0 aliphatic heterocycles. The van der Waals surface area contributed by atoms with Crippen molar-refractivity contribution in [2.45, 2.75) is 39.5 Å². The third-order valence-electron chi connectivity index (χ3n) is 7.67. The molecule has 0 bridgehead atoms. The van der Waals surface area contributed by atoms with E-state index in [9.17, 15) is 26.4 Å². The number of carbonyl (C=O) groups excluding carboxylic acids is 1. The van der Waals surface area contributed by atoms with E-state index >= 15 is 0 Å². The number of hydrogen-bond donors (Lipinski definition) is 0. The Labute approximate surface area is 275 Å². The van der Waals surface area contributed by atoms with Gasteiger partial charge in [0.25, 0.3) is 0 Å². The smallest absolute Gasteiger partial charge is 0.416 e. The third-order valence-corrected chi connectivity index (χ3v) is 9.36. The van der Waals surface area contributed by atoms with Gasteiger partial charge in [0, 0.05) is 35.3 Å². The summed E-state index contributed by atoms with van der Waals surface area (Å²) in [6, 6.07) is 20.5. The first-order valence-electron chi connectivity index (χ1n) is 15.2. The summed E-state index contributed by atoms with van der Waals surface area (Å²) >= 11 is 0. The SMILES string of the molecule is CCOc1ccc(-n2cc(-c3ccccc3)nc2[C@@H](C)N(CCS(=O)(=O)CC)C(=O)Cn2nnc(-c3ccc(C(F)(F)F)cc3)n2)cc1. The van der Waals surface area contributed by atoms with Crippen LogP contribution in [0.15, 0.2) is 85.1 Å². The molecule has 48 heavy (non-hydrogen) atoms. The molecule has 0 fully saturated rings. The number of imidazole rings is 1. The maximum Gasteiger partial charge on any atom is 0.416 e. The summed E-state index contributed by atoms with van der Waals surface area (Å²) in [5, 5.41) is 12.0. The van der Waals surface area contributed by atoms with Crippen molar-refractivity contribution >= 4 is 15.7 Å². The quantitative estimate of drug-likeness (QED) is 0.157. The summed E-state index contributed by atoms with van der Waals surface area (Å²) in [6.45, 7) is 5.17. The zero-order valence-corrected chi connectivity index (χ0v) is 27.3. The second-order valence-corrected chi connectivity index (χ2v) is 13.3. The number of nitrogens with zero attached hydrogens (tertiary/aromatic N) is 7. The Balaban J connectivity index is 1.47. The van der Waals surface area contributed by atoms with Crippen LogP contribution < -0.4 is 4.74 Å². The average molecular weight is 682 g/mol. The number of alkyl halides is 3. The molecule has 0 radical (unpaired) electrons. The van der Waals surface area contributed by atoms with Crippen molar-refractivity contribution in [3.63, 3.8) is 0 Å². The van der Waals surface area contributed by atoms with Crippen molar-refractivity contribution < 1.29 is 31.1 Å². The van der Waals surface area contributed by atoms with Gasteiger partial charge in [-0.05, 0) is 55.5 Å². The number of hydrogen-bond acceptors (Lipinski definition) is 8. The van der Waals surface area contributed by atoms with E-state index in [1.54, 1.807) is 6.92 Å². The van der Waals surface area contributed by atoms with Crippen molar-refractivity contribution in [1.82, 2.24) is 34.7 Å². The number of benzene rings is 3. The van der Waals surface area contributed by atoms with Gasteiger partial charge in [-0.25, -0.2) is 13.4 Å². The van der Waals surface area contributed by atoms with E-state index in [4.69, 9.17) is 9.72 Å². The van der Waals surface area contributed by atoms with Gasteiger partial charge in [-0.15, -0.1) is 10.2 Å². The number of halogens is 3. The minimum Gasteiger partial charge on any atom is -0.494 e. The van der Waals surface area contributed by atoms with Crippen LogP contribution in [0.4, 0.5) is 13.2 Å². The van der Waals surface area contributed by atoms with Gasteiger partial charge in [-0.3, -0.25) is 4.79 Å². The van der Waals surface area contributed by atoms with Gasteiger partial charge in [0.15, 0.2) is 9.84 Å². The van der Waals surface area contributed by atoms with E-state index in [1.807, 2.05) is 72.3 Å². The minimum absolute atomic E-state index is 0.0308. The van der Waals surface area contributed by atoms with Crippen molar-refractivity contribution in [1.29, 1.82) is 0 Å². The molecule has 11 nitrogen and oxygen atoms in total. The zero-order chi connectivity index (χ0) is 34.5. The number of ether oxygens (including phenoxy) is 1. The number of amides is 1. The molecule has 0 aliphatic carbocycles. The summed E-state index contributed by atoms with van der Waals surface area (Å²) < 4.78 is 71.6. The molecule has 0 unspecified atom stereocenters. The fourth-order valence-electron chi connectivity index (χ4n) is 5.02. The lowest BCUT2D eigenvalue weighted by Crippen LogP contribution is -2.40. The molecule has 15 heteroatoms. The predicted octanol–water partition coefficient (Wildman–Crippen LogP) is 5.63. The lowest BCUT2D eigenvalue weighted by Gasteiger charge is -2.29. The van der Waals surface area contributed by atoms with Gasteiger partial charge < -0.3 is 14.2 Å². The monoisotopic (exact) mass is 681 g/mol. The van der Waals surface area contributed by atoms with Gasteiger partial charge in [-0.1, -0.05) is 49.4 Å². The topological polar surface area (TPSA) is 125 Å². The largest absolute Gasteiger partial charge is 0.494 e. The second-order valence-electron chi connectivity index (χ2n) is 10.9. The van der Waals surface area contributed by atoms with E-state index in [0.29, 0.717) is 23.9 Å². The normalized spacial score (nSPS) is 12.5. The van der Waals surface area contributed by atoms with Crippen LogP contribution in [0.3, 0.4) is 0 Å². The maximum atomic E-state index is 13.9. The molecule has 5 aromatic rings. The number of carbonyl (C=O) groups is 1. The van der Waals surface area contributed by atoms with Crippen LogP contribution in [0, 0.1) is 0 Å². The first kappa shape index (κ1) is 34.3. The van der Waals surface area contributed by atoms with Crippen molar-refractivity contribution in [2.75, 3.05) is 24.7 Å². The Morgan fingerprint density at radius 3 is 2.27 bits per heavy atom. The first-order chi connectivity index (χ1) is 22.9. The van der Waals surface area contributed by atoms with Crippen molar-refractivity contribution in [3.8, 4) is 34.1 Å². The maximum absolute atomic E-state index is 13.9. The molecule has 2 aromatic heterocycles. The predicted molar refractivity (Wildman–Crippen MR) is 173 cm³/mol. The van der Waals surface area contributed by atoms with Crippen LogP contribution >= 0.6 is 0 Å². The lowest BCUT2D eigenvalue weighted by atomic mass is 10.1. The number of aromatic nitrogens is 6. The molecule has 0 aliphatic rings. The fourth-order valence-corrected chi connectivity index (χ4v) is 5.78. The van der Waals surface area contributed by atoms with Crippen LogP contribution in [-0.4, -0.2) is 73.6 Å². The van der Waals surface area contributed by atoms with Gasteiger partial charge in [0.05, 0.1) is 29.7 Å². The van der Waals surface area contributed by atoms with Gasteiger partial charge >= 0.3 is 6.18 Å². The highest BCUT2D eigenvalue weighted by atomic mass is 32.2. The summed E-state index contributed by atoms with van der Waals surface area (Å²) in [5.41, 5.74) is 1.72. The third kappa shape index (κ3) is 8.08. The van der Waals surface area contributed by atoms with Crippen LogP contribution in [0.2, 0.25) is 0 Å². The fraction of sp³-hybridized carbons (Fsp3) is 0.303. The van der Waals surface area contributed by atoms with E-state index in [-0.39, 0.29) is 29.4 Å². The number of tetrazole rings is 1. The van der Waals surface area contributed by atoms with Gasteiger partial charge in [0.2, 0.25) is 11.7 Å². The standard InChI is InChI=1S/C33H34F3N7O4S/c1-4-47-28-17-15-27(16-18-28)42-21-29(24-9-7-6-8-10-24)37-32(42)23(3)41(19-20-48(45,46)5-2)30(44)22-43-39-31(38-40-43)25-11-13-26(14-12-25)33(34,35)36/h6-18,21,23H,4-5,19-20,22H2,1-3H3/t23-/m1/s1. The van der Waals surface area contributed by atoms with E-state index < -0.39 is 40.1 Å². The molecule has 0 spiro atoms. The molecule has 0 N–H and O–H groups in total. The van der Waals surface area contributed by atoms with Crippen LogP contribution in [-0.2, 0) is 27.4 Å². The number of sulfone groups is 1. The highest BCUT2D eigenvalue weighted by Crippen LogP contribution is 2.31. The van der Waals surface area contributed by atoms with E-state index in [0.717, 1.165) is 28.2 Å². The summed E-state index contributed by atoms with van der Waals surface area (Å²) in [7, 11) is -3.46. The van der Waals surface area contributed by atoms with Gasteiger partial charge in [-0.2, -0.15) is 18.0 Å². The Morgan fingerprint density at radius 1 is 0.958 bits per heavy atom. The summed E-state index contributed by atoms with van der Waals surface area (Å²) in [6.07, 6.45) is -2.64. The molecule has 0 saturated heterocycles. The molecular formula is C33H34F3N7O4S. The molecule has 252 valence electrons. The highest BCUT2D eigenvalue weighted by Gasteiger charge is 2.31. The summed E-state index contributed by atoms with van der Waals surface area (Å²) in [5.74, 6) is 0.324. The van der Waals surface area contributed by atoms with E-state index in [2.05, 4.69) is 15.4 Å². The molecule has 5 rings (SSSR count). The number of rotatable bonds is 13. The van der Waals surface area contributed by atoms with Crippen LogP contribution in [0.1, 0.15) is 38.2 Å². The van der Waals surface area contributed by atoms with Crippen molar-refractivity contribution in [2.24, 2.45) is 0 Å². The second kappa shape index (κ2) is 14.4. The molecule has 0 saturated carbocycles. The minimum atomic E-state index is -4.50. The first-order valence-corrected chi connectivity index (χ1v) is 17.0. The highest BCUT2D eigenvalue weighted by molar-refractivity contribution is 7.91. The Hall–Kier alpha value is -5.05. The van der Waals surface area contributed by atoms with Crippen LogP contribution in [0.25, 0.3) is 28.3 Å². The Morgan fingerprint density at radius 2 is 1.65 bits per heavy atom. The summed E-state index contributed by atoms with van der Waals surface area (Å²) in [4.78, 5) is 21.3. The molecule has 1 atom stereocenters. The average Bonchev–Trinajstić information content (AvgIpc) is 3.73. The zero-order valence-electron chi connectivity index (χ0n) is 26.5. The molecular weight excluding hydrogens is 647 g/mol. The van der Waals surface area contributed by atoms with Crippen molar-refractivity contribution in [3.05, 3.63) is 96.4 Å². The molecule has 1 amide bonds. The molecule has 3 aromatic carbocycles.